The van der Waals surface area contributed by atoms with Gasteiger partial charge >= 0.3 is 5.97 Å². The molecule has 21 heavy (non-hydrogen) atoms. The highest BCUT2D eigenvalue weighted by Gasteiger charge is 2.45. The monoisotopic (exact) mass is 332 g/mol. The molecular weight excluding hydrogens is 316 g/mol. The van der Waals surface area contributed by atoms with Crippen LogP contribution in [0.25, 0.3) is 0 Å². The van der Waals surface area contributed by atoms with Crippen molar-refractivity contribution < 1.29 is 27.5 Å². The normalized spacial score (nSPS) is 29.8. The third-order valence-electron chi connectivity index (χ3n) is 4.03. The van der Waals surface area contributed by atoms with Gasteiger partial charge in [0, 0.05) is 12.4 Å². The molecule has 1 spiro atoms. The molecule has 2 aliphatic heterocycles. The minimum atomic E-state index is -3.66. The topological polar surface area (TPSA) is 93.8 Å². The first-order valence-electron chi connectivity index (χ1n) is 6.72. The molecule has 0 bridgehead atoms. The van der Waals surface area contributed by atoms with E-state index >= 15 is 0 Å². The van der Waals surface area contributed by atoms with E-state index < -0.39 is 21.1 Å². The summed E-state index contributed by atoms with van der Waals surface area (Å²) in [4.78, 5) is 10.8. The Labute approximate surface area is 126 Å². The van der Waals surface area contributed by atoms with E-state index in [9.17, 15) is 13.2 Å². The van der Waals surface area contributed by atoms with Crippen molar-refractivity contribution in [2.75, 3.05) is 18.1 Å². The highest BCUT2D eigenvalue weighted by molar-refractivity contribution is 7.99. The number of hydrogen-bond acceptors (Lipinski definition) is 6. The lowest BCUT2D eigenvalue weighted by Gasteiger charge is -2.37. The van der Waals surface area contributed by atoms with Gasteiger partial charge in [-0.3, -0.25) is 0 Å². The summed E-state index contributed by atoms with van der Waals surface area (Å²) < 4.78 is 36.0. The van der Waals surface area contributed by atoms with Gasteiger partial charge in [-0.15, -0.1) is 0 Å². The average Bonchev–Trinajstić information content (AvgIpc) is 3.09. The molecule has 1 aromatic heterocycles. The molecule has 2 atom stereocenters. The fraction of sp³-hybridized carbons (Fsp3) is 0.615. The maximum Gasteiger partial charge on any atom is 0.371 e. The van der Waals surface area contributed by atoms with Gasteiger partial charge in [-0.25, -0.2) is 13.2 Å². The van der Waals surface area contributed by atoms with Crippen LogP contribution in [-0.4, -0.2) is 48.5 Å². The van der Waals surface area contributed by atoms with Crippen LogP contribution in [0.15, 0.2) is 21.6 Å². The number of thioether (sulfide) groups is 1. The second kappa shape index (κ2) is 5.33. The number of sulfone groups is 1. The Kier molecular flexibility index (Phi) is 3.79. The average molecular weight is 332 g/mol. The van der Waals surface area contributed by atoms with Gasteiger partial charge in [0.1, 0.15) is 0 Å². The highest BCUT2D eigenvalue weighted by Crippen LogP contribution is 2.41. The molecule has 2 unspecified atom stereocenters. The van der Waals surface area contributed by atoms with E-state index in [1.54, 1.807) is 11.8 Å². The van der Waals surface area contributed by atoms with Crippen LogP contribution in [0.4, 0.5) is 0 Å². The number of furan rings is 1. The quantitative estimate of drug-likeness (QED) is 0.902. The zero-order chi connectivity index (χ0) is 15.1. The lowest BCUT2D eigenvalue weighted by atomic mass is 9.93. The predicted octanol–water partition coefficient (Wildman–Crippen LogP) is 1.81. The summed E-state index contributed by atoms with van der Waals surface area (Å²) in [5.74, 6) is 0.174. The standard InChI is InChI=1S/C13H16O6S2/c14-12(15)10-1-2-11(19-10)21(16,17)9-3-5-18-13(7-9)4-6-20-8-13/h1-2,9H,3-8H2,(H,14,15). The molecule has 0 amide bonds. The maximum absolute atomic E-state index is 12.6. The summed E-state index contributed by atoms with van der Waals surface area (Å²) in [6.45, 7) is 0.414. The Bertz CT molecular complexity index is 641. The molecule has 2 aliphatic rings. The number of ether oxygens (including phenoxy) is 1. The van der Waals surface area contributed by atoms with E-state index in [1.165, 1.54) is 12.1 Å². The van der Waals surface area contributed by atoms with Gasteiger partial charge in [-0.1, -0.05) is 0 Å². The molecule has 2 fully saturated rings. The summed E-state index contributed by atoms with van der Waals surface area (Å²) >= 11 is 1.77. The predicted molar refractivity (Wildman–Crippen MR) is 76.5 cm³/mol. The molecule has 0 radical (unpaired) electrons. The maximum atomic E-state index is 12.6. The van der Waals surface area contributed by atoms with E-state index in [4.69, 9.17) is 14.3 Å². The van der Waals surface area contributed by atoms with E-state index in [2.05, 4.69) is 0 Å². The van der Waals surface area contributed by atoms with Gasteiger partial charge in [0.05, 0.1) is 10.9 Å². The van der Waals surface area contributed by atoms with Crippen molar-refractivity contribution in [3.63, 3.8) is 0 Å². The first kappa shape index (κ1) is 14.9. The second-order valence-corrected chi connectivity index (χ2v) is 8.68. The van der Waals surface area contributed by atoms with Crippen LogP contribution in [0.1, 0.15) is 29.8 Å². The Morgan fingerprint density at radius 3 is 2.86 bits per heavy atom. The van der Waals surface area contributed by atoms with Crippen LogP contribution in [0, 0.1) is 0 Å². The van der Waals surface area contributed by atoms with Crippen molar-refractivity contribution in [1.82, 2.24) is 0 Å². The van der Waals surface area contributed by atoms with Crippen LogP contribution in [0.3, 0.4) is 0 Å². The van der Waals surface area contributed by atoms with Crippen LogP contribution < -0.4 is 0 Å². The molecule has 116 valence electrons. The Hall–Kier alpha value is -0.990. The number of aromatic carboxylic acids is 1. The largest absolute Gasteiger partial charge is 0.475 e. The van der Waals surface area contributed by atoms with Gasteiger partial charge in [-0.2, -0.15) is 11.8 Å². The van der Waals surface area contributed by atoms with Gasteiger partial charge < -0.3 is 14.3 Å². The number of carbonyl (C=O) groups is 1. The van der Waals surface area contributed by atoms with E-state index in [-0.39, 0.29) is 16.5 Å². The molecule has 8 heteroatoms. The minimum Gasteiger partial charge on any atom is -0.475 e. The Morgan fingerprint density at radius 2 is 2.24 bits per heavy atom. The van der Waals surface area contributed by atoms with Gasteiger partial charge in [-0.05, 0) is 37.1 Å². The van der Waals surface area contributed by atoms with E-state index in [1.807, 2.05) is 0 Å². The number of hydrogen-bond donors (Lipinski definition) is 1. The molecule has 6 nitrogen and oxygen atoms in total. The minimum absolute atomic E-state index is 0.257. The van der Waals surface area contributed by atoms with Gasteiger partial charge in [0.25, 0.3) is 0 Å². The van der Waals surface area contributed by atoms with Gasteiger partial charge in [0.15, 0.2) is 0 Å². The molecule has 0 saturated carbocycles. The van der Waals surface area contributed by atoms with Crippen molar-refractivity contribution in [3.05, 3.63) is 17.9 Å². The SMILES string of the molecule is O=C(O)c1ccc(S(=O)(=O)C2CCOC3(CCSC3)C2)o1. The lowest BCUT2D eigenvalue weighted by Crippen LogP contribution is -2.44. The van der Waals surface area contributed by atoms with E-state index in [0.717, 1.165) is 17.9 Å². The lowest BCUT2D eigenvalue weighted by molar-refractivity contribution is -0.0573. The van der Waals surface area contributed by atoms with Crippen molar-refractivity contribution in [1.29, 1.82) is 0 Å². The summed E-state index contributed by atoms with van der Waals surface area (Å²) in [6, 6.07) is 2.40. The van der Waals surface area contributed by atoms with Gasteiger partial charge in [0.2, 0.25) is 20.7 Å². The summed E-state index contributed by atoms with van der Waals surface area (Å²) in [6.07, 6.45) is 1.73. The zero-order valence-electron chi connectivity index (χ0n) is 11.3. The molecule has 0 aliphatic carbocycles. The van der Waals surface area contributed by atoms with Crippen molar-refractivity contribution in [2.24, 2.45) is 0 Å². The molecule has 1 aromatic rings. The molecule has 1 N–H and O–H groups in total. The van der Waals surface area contributed by atoms with Crippen molar-refractivity contribution >= 4 is 27.6 Å². The van der Waals surface area contributed by atoms with E-state index in [0.29, 0.717) is 19.4 Å². The molecule has 3 heterocycles. The fourth-order valence-electron chi connectivity index (χ4n) is 2.86. The smallest absolute Gasteiger partial charge is 0.371 e. The number of carboxylic acid groups (broad SMARTS) is 1. The second-order valence-electron chi connectivity index (χ2n) is 5.42. The van der Waals surface area contributed by atoms with Crippen LogP contribution >= 0.6 is 11.8 Å². The third-order valence-corrected chi connectivity index (χ3v) is 7.31. The van der Waals surface area contributed by atoms with Crippen molar-refractivity contribution in [2.45, 2.75) is 35.2 Å². The summed E-state index contributed by atoms with van der Waals surface area (Å²) in [5, 5.41) is 8.00. The molecule has 0 aromatic carbocycles. The third kappa shape index (κ3) is 2.72. The highest BCUT2D eigenvalue weighted by atomic mass is 32.2. The molecule has 2 saturated heterocycles. The Morgan fingerprint density at radius 1 is 1.43 bits per heavy atom. The van der Waals surface area contributed by atoms with Crippen LogP contribution in [0.5, 0.6) is 0 Å². The van der Waals surface area contributed by atoms with Crippen molar-refractivity contribution in [3.8, 4) is 0 Å². The summed E-state index contributed by atoms with van der Waals surface area (Å²) in [5.41, 5.74) is -0.344. The van der Waals surface area contributed by atoms with Crippen LogP contribution in [0.2, 0.25) is 0 Å². The summed E-state index contributed by atoms with van der Waals surface area (Å²) in [7, 11) is -3.66. The number of rotatable bonds is 3. The number of carboxylic acids is 1. The Balaban J connectivity index is 1.85. The fourth-order valence-corrected chi connectivity index (χ4v) is 5.96. The first-order valence-corrected chi connectivity index (χ1v) is 9.42. The molecular formula is C13H16O6S2. The van der Waals surface area contributed by atoms with Crippen LogP contribution in [-0.2, 0) is 14.6 Å². The zero-order valence-corrected chi connectivity index (χ0v) is 12.9. The molecule has 3 rings (SSSR count). The first-order chi connectivity index (χ1) is 9.93.